The van der Waals surface area contributed by atoms with Crippen molar-refractivity contribution < 1.29 is 4.74 Å². The Labute approximate surface area is 134 Å². The van der Waals surface area contributed by atoms with Gasteiger partial charge >= 0.3 is 0 Å². The molecule has 0 fully saturated rings. The normalized spacial score (nSPS) is 10.9. The summed E-state index contributed by atoms with van der Waals surface area (Å²) in [6, 6.07) is 15.7. The molecule has 1 N–H and O–H groups in total. The van der Waals surface area contributed by atoms with Gasteiger partial charge in [-0.15, -0.1) is 5.10 Å². The Morgan fingerprint density at radius 3 is 2.65 bits per heavy atom. The molecule has 2 aromatic carbocycles. The average molecular weight is 307 g/mol. The molecular formula is C17H17N5O. The highest BCUT2D eigenvalue weighted by molar-refractivity contribution is 5.60. The third-order valence-corrected chi connectivity index (χ3v) is 3.35. The van der Waals surface area contributed by atoms with E-state index in [4.69, 9.17) is 4.74 Å². The van der Waals surface area contributed by atoms with Gasteiger partial charge in [0.15, 0.2) is 5.82 Å². The molecule has 1 aromatic heterocycles. The molecule has 0 radical (unpaired) electrons. The number of tetrazole rings is 1. The number of methoxy groups -OCH3 is 1. The average Bonchev–Trinajstić information content (AvgIpc) is 3.04. The molecule has 0 amide bonds. The molecule has 0 unspecified atom stereocenters. The Morgan fingerprint density at radius 1 is 1.09 bits per heavy atom. The predicted molar refractivity (Wildman–Crippen MR) is 89.5 cm³/mol. The summed E-state index contributed by atoms with van der Waals surface area (Å²) >= 11 is 0. The second kappa shape index (κ2) is 6.74. The number of ether oxygens (including phenoxy) is 1. The van der Waals surface area contributed by atoms with Gasteiger partial charge in [-0.1, -0.05) is 29.8 Å². The zero-order valence-corrected chi connectivity index (χ0v) is 13.0. The molecule has 0 saturated heterocycles. The molecule has 0 aliphatic heterocycles. The fraction of sp³-hybridized carbons (Fsp3) is 0.118. The summed E-state index contributed by atoms with van der Waals surface area (Å²) in [7, 11) is 1.64. The van der Waals surface area contributed by atoms with Gasteiger partial charge in [0.1, 0.15) is 5.75 Å². The lowest BCUT2D eigenvalue weighted by atomic mass is 10.2. The fourth-order valence-electron chi connectivity index (χ4n) is 2.14. The summed E-state index contributed by atoms with van der Waals surface area (Å²) < 4.78 is 6.98. The van der Waals surface area contributed by atoms with Crippen molar-refractivity contribution in [3.63, 3.8) is 0 Å². The Bertz CT molecular complexity index is 808. The predicted octanol–water partition coefficient (Wildman–Crippen LogP) is 3.06. The molecule has 3 rings (SSSR count). The quantitative estimate of drug-likeness (QED) is 0.785. The van der Waals surface area contributed by atoms with E-state index in [1.807, 2.05) is 61.5 Å². The minimum atomic E-state index is 0.635. The fourth-order valence-corrected chi connectivity index (χ4v) is 2.14. The Hall–Kier alpha value is -3.15. The first-order valence-electron chi connectivity index (χ1n) is 7.19. The molecule has 6 nitrogen and oxygen atoms in total. The van der Waals surface area contributed by atoms with Crippen LogP contribution in [0.2, 0.25) is 0 Å². The highest BCUT2D eigenvalue weighted by Crippen LogP contribution is 2.23. The maximum atomic E-state index is 5.30. The molecule has 3 aromatic rings. The van der Waals surface area contributed by atoms with Gasteiger partial charge in [-0.25, -0.2) is 0 Å². The summed E-state index contributed by atoms with van der Waals surface area (Å²) in [5.74, 6) is 1.41. The van der Waals surface area contributed by atoms with Crippen LogP contribution in [-0.2, 0) is 0 Å². The van der Waals surface area contributed by atoms with E-state index in [1.54, 1.807) is 18.0 Å². The number of hydrogen-bond donors (Lipinski definition) is 1. The number of aromatic nitrogens is 4. The van der Waals surface area contributed by atoms with Crippen molar-refractivity contribution >= 4 is 11.8 Å². The molecule has 1 heterocycles. The Balaban J connectivity index is 1.79. The topological polar surface area (TPSA) is 64.9 Å². The Morgan fingerprint density at radius 2 is 1.87 bits per heavy atom. The number of aryl methyl sites for hydroxylation is 1. The molecule has 116 valence electrons. The van der Waals surface area contributed by atoms with Gasteiger partial charge < -0.3 is 10.1 Å². The summed E-state index contributed by atoms with van der Waals surface area (Å²) in [5, 5.41) is 15.0. The van der Waals surface area contributed by atoms with E-state index in [9.17, 15) is 0 Å². The van der Waals surface area contributed by atoms with E-state index in [0.29, 0.717) is 5.82 Å². The molecule has 0 spiro atoms. The second-order valence-corrected chi connectivity index (χ2v) is 4.96. The maximum Gasteiger partial charge on any atom is 0.181 e. The highest BCUT2D eigenvalue weighted by Gasteiger charge is 2.05. The summed E-state index contributed by atoms with van der Waals surface area (Å²) in [5.41, 5.74) is 2.98. The zero-order valence-electron chi connectivity index (χ0n) is 13.0. The van der Waals surface area contributed by atoms with Gasteiger partial charge in [-0.05, 0) is 41.6 Å². The molecule has 0 atom stereocenters. The van der Waals surface area contributed by atoms with E-state index in [0.717, 1.165) is 17.1 Å². The van der Waals surface area contributed by atoms with Gasteiger partial charge in [0.2, 0.25) is 0 Å². The first kappa shape index (κ1) is 14.8. The number of rotatable bonds is 5. The summed E-state index contributed by atoms with van der Waals surface area (Å²) in [6.07, 6.45) is 3.60. The van der Waals surface area contributed by atoms with Crippen LogP contribution in [0.25, 0.3) is 11.8 Å². The van der Waals surface area contributed by atoms with Gasteiger partial charge in [0.05, 0.1) is 18.5 Å². The van der Waals surface area contributed by atoms with Gasteiger partial charge in [-0.2, -0.15) is 4.68 Å². The third-order valence-electron chi connectivity index (χ3n) is 3.35. The van der Waals surface area contributed by atoms with E-state index in [2.05, 4.69) is 20.8 Å². The van der Waals surface area contributed by atoms with Crippen molar-refractivity contribution in [1.29, 1.82) is 0 Å². The van der Waals surface area contributed by atoms with Crippen molar-refractivity contribution in [3.8, 4) is 11.4 Å². The molecular weight excluding hydrogens is 290 g/mol. The first-order valence-corrected chi connectivity index (χ1v) is 7.19. The number of benzene rings is 2. The van der Waals surface area contributed by atoms with Crippen LogP contribution >= 0.6 is 0 Å². The third kappa shape index (κ3) is 3.37. The Kier molecular flexibility index (Phi) is 4.33. The number of hydrogen-bond acceptors (Lipinski definition) is 5. The number of anilines is 1. The highest BCUT2D eigenvalue weighted by atomic mass is 16.5. The van der Waals surface area contributed by atoms with Crippen LogP contribution < -0.4 is 10.1 Å². The maximum absolute atomic E-state index is 5.30. The van der Waals surface area contributed by atoms with E-state index < -0.39 is 0 Å². The smallest absolute Gasteiger partial charge is 0.181 e. The van der Waals surface area contributed by atoms with Crippen molar-refractivity contribution in [2.75, 3.05) is 12.4 Å². The number of nitrogens with one attached hydrogen (secondary N) is 1. The molecule has 0 aliphatic rings. The van der Waals surface area contributed by atoms with Crippen LogP contribution in [0.4, 0.5) is 5.69 Å². The zero-order chi connectivity index (χ0) is 16.1. The summed E-state index contributed by atoms with van der Waals surface area (Å²) in [6.45, 7) is 2.04. The van der Waals surface area contributed by atoms with Crippen LogP contribution in [-0.4, -0.2) is 27.3 Å². The van der Waals surface area contributed by atoms with Gasteiger partial charge in [-0.3, -0.25) is 0 Å². The van der Waals surface area contributed by atoms with Crippen molar-refractivity contribution in [3.05, 3.63) is 66.1 Å². The van der Waals surface area contributed by atoms with Gasteiger partial charge in [0.25, 0.3) is 0 Å². The standard InChI is InChI=1S/C17H17N5O/c1-13-7-9-14(10-8-13)22-17(19-20-21-22)11-12-18-15-5-3-4-6-16(15)23-2/h3-12,18H,1-2H3/b12-11+. The molecule has 0 saturated carbocycles. The minimum Gasteiger partial charge on any atom is -0.495 e. The lowest BCUT2D eigenvalue weighted by molar-refractivity contribution is 0.417. The van der Waals surface area contributed by atoms with Crippen molar-refractivity contribution in [2.24, 2.45) is 0 Å². The molecule has 23 heavy (non-hydrogen) atoms. The van der Waals surface area contributed by atoms with Crippen LogP contribution in [0, 0.1) is 6.92 Å². The monoisotopic (exact) mass is 307 g/mol. The van der Waals surface area contributed by atoms with E-state index in [-0.39, 0.29) is 0 Å². The summed E-state index contributed by atoms with van der Waals surface area (Å²) in [4.78, 5) is 0. The van der Waals surface area contributed by atoms with Gasteiger partial charge in [0, 0.05) is 12.3 Å². The lowest BCUT2D eigenvalue weighted by Crippen LogP contribution is -2.00. The SMILES string of the molecule is COc1ccccc1N/C=C/c1nnnn1-c1ccc(C)cc1. The van der Waals surface area contributed by atoms with E-state index in [1.165, 1.54) is 5.56 Å². The molecule has 0 bridgehead atoms. The molecule has 6 heteroatoms. The number of nitrogens with zero attached hydrogens (tertiary/aromatic N) is 4. The minimum absolute atomic E-state index is 0.635. The van der Waals surface area contributed by atoms with Crippen LogP contribution in [0.1, 0.15) is 11.4 Å². The first-order chi connectivity index (χ1) is 11.3. The van der Waals surface area contributed by atoms with E-state index >= 15 is 0 Å². The number of para-hydroxylation sites is 2. The van der Waals surface area contributed by atoms with Crippen molar-refractivity contribution in [1.82, 2.24) is 20.2 Å². The van der Waals surface area contributed by atoms with Crippen molar-refractivity contribution in [2.45, 2.75) is 6.92 Å². The lowest BCUT2D eigenvalue weighted by Gasteiger charge is -2.07. The largest absolute Gasteiger partial charge is 0.495 e. The van der Waals surface area contributed by atoms with Crippen LogP contribution in [0.5, 0.6) is 5.75 Å². The van der Waals surface area contributed by atoms with Crippen LogP contribution in [0.15, 0.2) is 54.7 Å². The van der Waals surface area contributed by atoms with Crippen LogP contribution in [0.3, 0.4) is 0 Å². The second-order valence-electron chi connectivity index (χ2n) is 4.96. The molecule has 0 aliphatic carbocycles.